The summed E-state index contributed by atoms with van der Waals surface area (Å²) in [4.78, 5) is 0. The fourth-order valence-corrected chi connectivity index (χ4v) is 2.80. The molecule has 20 heavy (non-hydrogen) atoms. The van der Waals surface area contributed by atoms with E-state index < -0.39 is 0 Å². The zero-order valence-electron chi connectivity index (χ0n) is 11.3. The summed E-state index contributed by atoms with van der Waals surface area (Å²) < 4.78 is 6.24. The second-order valence-corrected chi connectivity index (χ2v) is 5.59. The zero-order chi connectivity index (χ0) is 13.8. The fraction of sp³-hybridized carbons (Fsp3) is 0.294. The van der Waals surface area contributed by atoms with Gasteiger partial charge in [0.1, 0.15) is 11.9 Å². The van der Waals surface area contributed by atoms with Crippen molar-refractivity contribution in [2.45, 2.75) is 12.5 Å². The van der Waals surface area contributed by atoms with Crippen LogP contribution in [0, 0.1) is 5.92 Å². The highest BCUT2D eigenvalue weighted by atomic mass is 35.5. The first kappa shape index (κ1) is 13.5. The lowest BCUT2D eigenvalue weighted by atomic mass is 9.95. The van der Waals surface area contributed by atoms with Crippen molar-refractivity contribution >= 4 is 11.6 Å². The minimum atomic E-state index is 0.0902. The van der Waals surface area contributed by atoms with Crippen LogP contribution in [-0.4, -0.2) is 13.1 Å². The first-order valence-electron chi connectivity index (χ1n) is 7.01. The Morgan fingerprint density at radius 3 is 2.45 bits per heavy atom. The van der Waals surface area contributed by atoms with Crippen molar-refractivity contribution in [2.75, 3.05) is 13.1 Å². The molecule has 3 heteroatoms. The van der Waals surface area contributed by atoms with E-state index in [9.17, 15) is 0 Å². The monoisotopic (exact) mass is 287 g/mol. The quantitative estimate of drug-likeness (QED) is 0.915. The highest BCUT2D eigenvalue weighted by Crippen LogP contribution is 2.32. The van der Waals surface area contributed by atoms with Crippen LogP contribution in [0.25, 0.3) is 0 Å². The third-order valence-electron chi connectivity index (χ3n) is 3.73. The highest BCUT2D eigenvalue weighted by molar-refractivity contribution is 6.30. The van der Waals surface area contributed by atoms with E-state index in [1.807, 2.05) is 30.3 Å². The van der Waals surface area contributed by atoms with Gasteiger partial charge in [0.05, 0.1) is 0 Å². The first-order chi connectivity index (χ1) is 9.83. The lowest BCUT2D eigenvalue weighted by Gasteiger charge is -2.25. The molecule has 2 atom stereocenters. The molecule has 3 rings (SSSR count). The van der Waals surface area contributed by atoms with Crippen LogP contribution >= 0.6 is 11.6 Å². The first-order valence-corrected chi connectivity index (χ1v) is 7.38. The zero-order valence-corrected chi connectivity index (χ0v) is 12.0. The van der Waals surface area contributed by atoms with Crippen molar-refractivity contribution in [3.05, 3.63) is 65.2 Å². The maximum absolute atomic E-state index is 6.24. The molecule has 0 radical (unpaired) electrons. The lowest BCUT2D eigenvalue weighted by Crippen LogP contribution is -2.21. The molecule has 0 unspecified atom stereocenters. The molecule has 1 saturated heterocycles. The van der Waals surface area contributed by atoms with Gasteiger partial charge in [-0.25, -0.2) is 0 Å². The topological polar surface area (TPSA) is 21.3 Å². The molecule has 2 aromatic carbocycles. The fourth-order valence-electron chi connectivity index (χ4n) is 2.67. The highest BCUT2D eigenvalue weighted by Gasteiger charge is 2.27. The minimum absolute atomic E-state index is 0.0902. The molecule has 1 N–H and O–H groups in total. The number of nitrogens with one attached hydrogen (secondary N) is 1. The molecule has 1 fully saturated rings. The van der Waals surface area contributed by atoms with Crippen molar-refractivity contribution in [1.29, 1.82) is 0 Å². The SMILES string of the molecule is Clc1ccc(O[C@@H](c2ccccc2)[C@H]2CCNC2)cc1. The van der Waals surface area contributed by atoms with Gasteiger partial charge >= 0.3 is 0 Å². The summed E-state index contributed by atoms with van der Waals surface area (Å²) in [5.41, 5.74) is 1.23. The van der Waals surface area contributed by atoms with Gasteiger partial charge in [0.15, 0.2) is 0 Å². The molecule has 2 nitrogen and oxygen atoms in total. The van der Waals surface area contributed by atoms with E-state index in [1.54, 1.807) is 0 Å². The third-order valence-corrected chi connectivity index (χ3v) is 3.98. The van der Waals surface area contributed by atoms with E-state index in [4.69, 9.17) is 16.3 Å². The molecular formula is C17H18ClNO. The number of rotatable bonds is 4. The Bertz CT molecular complexity index is 535. The number of halogens is 1. The summed E-state index contributed by atoms with van der Waals surface area (Å²) in [6.07, 6.45) is 1.24. The number of benzene rings is 2. The predicted octanol–water partition coefficient (Wildman–Crippen LogP) is 4.07. The van der Waals surface area contributed by atoms with E-state index in [-0.39, 0.29) is 6.10 Å². The van der Waals surface area contributed by atoms with E-state index >= 15 is 0 Å². The van der Waals surface area contributed by atoms with Crippen molar-refractivity contribution in [3.63, 3.8) is 0 Å². The van der Waals surface area contributed by atoms with E-state index in [2.05, 4.69) is 29.6 Å². The van der Waals surface area contributed by atoms with Crippen LogP contribution in [0.5, 0.6) is 5.75 Å². The summed E-state index contributed by atoms with van der Waals surface area (Å²) in [6, 6.07) is 18.0. The number of hydrogen-bond acceptors (Lipinski definition) is 2. The Morgan fingerprint density at radius 1 is 1.05 bits per heavy atom. The average Bonchev–Trinajstić information content (AvgIpc) is 3.01. The van der Waals surface area contributed by atoms with Gasteiger partial charge < -0.3 is 10.1 Å². The number of hydrogen-bond donors (Lipinski definition) is 1. The minimum Gasteiger partial charge on any atom is -0.485 e. The molecular weight excluding hydrogens is 270 g/mol. The van der Waals surface area contributed by atoms with Gasteiger partial charge in [-0.15, -0.1) is 0 Å². The van der Waals surface area contributed by atoms with Crippen LogP contribution in [0.2, 0.25) is 5.02 Å². The molecule has 1 aliphatic rings. The Morgan fingerprint density at radius 2 is 1.80 bits per heavy atom. The third kappa shape index (κ3) is 3.14. The largest absolute Gasteiger partial charge is 0.485 e. The van der Waals surface area contributed by atoms with Gasteiger partial charge in [0.25, 0.3) is 0 Å². The molecule has 0 aliphatic carbocycles. The van der Waals surface area contributed by atoms with E-state index in [0.29, 0.717) is 5.92 Å². The second-order valence-electron chi connectivity index (χ2n) is 5.16. The van der Waals surface area contributed by atoms with Crippen molar-refractivity contribution in [2.24, 2.45) is 5.92 Å². The summed E-state index contributed by atoms with van der Waals surface area (Å²) >= 11 is 5.93. The maximum Gasteiger partial charge on any atom is 0.128 e. The van der Waals surface area contributed by atoms with E-state index in [1.165, 1.54) is 5.56 Å². The molecule has 0 saturated carbocycles. The Hall–Kier alpha value is -1.51. The number of ether oxygens (including phenoxy) is 1. The van der Waals surface area contributed by atoms with Crippen molar-refractivity contribution in [1.82, 2.24) is 5.32 Å². The van der Waals surface area contributed by atoms with Gasteiger partial charge in [0, 0.05) is 17.5 Å². The smallest absolute Gasteiger partial charge is 0.128 e. The summed E-state index contributed by atoms with van der Waals surface area (Å²) in [5.74, 6) is 1.38. The molecule has 104 valence electrons. The molecule has 1 aliphatic heterocycles. The molecule has 0 spiro atoms. The van der Waals surface area contributed by atoms with Crippen LogP contribution in [0.3, 0.4) is 0 Å². The summed E-state index contributed by atoms with van der Waals surface area (Å²) in [6.45, 7) is 2.07. The molecule has 0 amide bonds. The van der Waals surface area contributed by atoms with Crippen LogP contribution in [0.15, 0.2) is 54.6 Å². The Balaban J connectivity index is 1.83. The molecule has 1 heterocycles. The van der Waals surface area contributed by atoms with Gasteiger partial charge in [-0.2, -0.15) is 0 Å². The van der Waals surface area contributed by atoms with Crippen LogP contribution in [0.1, 0.15) is 18.1 Å². The van der Waals surface area contributed by atoms with Crippen molar-refractivity contribution < 1.29 is 4.74 Å². The maximum atomic E-state index is 6.24. The second kappa shape index (κ2) is 6.29. The lowest BCUT2D eigenvalue weighted by molar-refractivity contribution is 0.144. The molecule has 0 bridgehead atoms. The van der Waals surface area contributed by atoms with Crippen LogP contribution in [-0.2, 0) is 0 Å². The summed E-state index contributed by atoms with van der Waals surface area (Å²) in [7, 11) is 0. The van der Waals surface area contributed by atoms with Crippen molar-refractivity contribution in [3.8, 4) is 5.75 Å². The van der Waals surface area contributed by atoms with Gasteiger partial charge in [-0.05, 0) is 42.8 Å². The Labute approximate surface area is 124 Å². The van der Waals surface area contributed by atoms with E-state index in [0.717, 1.165) is 30.3 Å². The average molecular weight is 288 g/mol. The van der Waals surface area contributed by atoms with Gasteiger partial charge in [-0.1, -0.05) is 41.9 Å². The molecule has 0 aromatic heterocycles. The predicted molar refractivity (Wildman–Crippen MR) is 82.2 cm³/mol. The standard InChI is InChI=1S/C17H18ClNO/c18-15-6-8-16(9-7-15)20-17(14-10-11-19-12-14)13-4-2-1-3-5-13/h1-9,14,17,19H,10-12H2/t14-,17-/m0/s1. The van der Waals surface area contributed by atoms with Crippen LogP contribution in [0.4, 0.5) is 0 Å². The Kier molecular flexibility index (Phi) is 4.24. The van der Waals surface area contributed by atoms with Gasteiger partial charge in [-0.3, -0.25) is 0 Å². The summed E-state index contributed by atoms with van der Waals surface area (Å²) in [5, 5.41) is 4.15. The normalized spacial score (nSPS) is 19.8. The molecule has 2 aromatic rings. The van der Waals surface area contributed by atoms with Gasteiger partial charge in [0.2, 0.25) is 0 Å². The van der Waals surface area contributed by atoms with Crippen LogP contribution < -0.4 is 10.1 Å².